The van der Waals surface area contributed by atoms with E-state index in [1.165, 1.54) is 12.1 Å². The second kappa shape index (κ2) is 7.32. The summed E-state index contributed by atoms with van der Waals surface area (Å²) >= 11 is 0.905. The zero-order valence-electron chi connectivity index (χ0n) is 11.1. The van der Waals surface area contributed by atoms with E-state index in [1.54, 1.807) is 0 Å². The third-order valence-corrected chi connectivity index (χ3v) is 4.18. The molecule has 2 N–H and O–H groups in total. The standard InChI is InChI=1S/C12H18N4O3S/c17-12(10-2-3-11(20-10)16(18)19)14-4-1-7-15-8-5-13-6-9-15/h2-3,13H,1,4-9H2,(H,14,17). The van der Waals surface area contributed by atoms with Gasteiger partial charge < -0.3 is 15.5 Å². The van der Waals surface area contributed by atoms with E-state index in [9.17, 15) is 14.9 Å². The first kappa shape index (κ1) is 14.9. The van der Waals surface area contributed by atoms with Crippen LogP contribution in [0.1, 0.15) is 16.1 Å². The summed E-state index contributed by atoms with van der Waals surface area (Å²) in [6.45, 7) is 5.69. The summed E-state index contributed by atoms with van der Waals surface area (Å²) in [5, 5.41) is 16.6. The van der Waals surface area contributed by atoms with Crippen LogP contribution < -0.4 is 10.6 Å². The Bertz CT molecular complexity index is 471. The second-order valence-corrected chi connectivity index (χ2v) is 5.66. The Balaban J connectivity index is 1.67. The lowest BCUT2D eigenvalue weighted by molar-refractivity contribution is -0.380. The zero-order valence-corrected chi connectivity index (χ0v) is 11.9. The summed E-state index contributed by atoms with van der Waals surface area (Å²) in [5.41, 5.74) is 0. The van der Waals surface area contributed by atoms with Gasteiger partial charge in [0, 0.05) is 38.8 Å². The van der Waals surface area contributed by atoms with Crippen molar-refractivity contribution in [3.63, 3.8) is 0 Å². The minimum Gasteiger partial charge on any atom is -0.351 e. The molecule has 20 heavy (non-hydrogen) atoms. The first-order valence-electron chi connectivity index (χ1n) is 6.62. The van der Waals surface area contributed by atoms with Crippen LogP contribution in [-0.4, -0.2) is 55.0 Å². The van der Waals surface area contributed by atoms with Gasteiger partial charge in [-0.2, -0.15) is 0 Å². The molecule has 8 heteroatoms. The number of hydrogen-bond donors (Lipinski definition) is 2. The van der Waals surface area contributed by atoms with E-state index in [-0.39, 0.29) is 10.9 Å². The highest BCUT2D eigenvalue weighted by atomic mass is 32.1. The predicted molar refractivity (Wildman–Crippen MR) is 77.2 cm³/mol. The molecule has 0 unspecified atom stereocenters. The number of amides is 1. The minimum atomic E-state index is -0.480. The van der Waals surface area contributed by atoms with Gasteiger partial charge in [-0.1, -0.05) is 11.3 Å². The Labute approximate surface area is 121 Å². The van der Waals surface area contributed by atoms with Crippen LogP contribution in [0.3, 0.4) is 0 Å². The highest BCUT2D eigenvalue weighted by Gasteiger charge is 2.15. The molecule has 0 aliphatic carbocycles. The SMILES string of the molecule is O=C(NCCCN1CCNCC1)c1ccc([N+](=O)[O-])s1. The van der Waals surface area contributed by atoms with Gasteiger partial charge >= 0.3 is 5.00 Å². The van der Waals surface area contributed by atoms with Crippen LogP contribution in [0, 0.1) is 10.1 Å². The van der Waals surface area contributed by atoms with Crippen LogP contribution in [0.25, 0.3) is 0 Å². The van der Waals surface area contributed by atoms with E-state index in [1.807, 2.05) is 0 Å². The van der Waals surface area contributed by atoms with Crippen molar-refractivity contribution in [2.75, 3.05) is 39.3 Å². The van der Waals surface area contributed by atoms with Gasteiger partial charge in [0.05, 0.1) is 9.80 Å². The molecule has 0 spiro atoms. The van der Waals surface area contributed by atoms with Crippen LogP contribution in [0.5, 0.6) is 0 Å². The molecule has 1 aromatic heterocycles. The Hall–Kier alpha value is -1.51. The normalized spacial score (nSPS) is 16.0. The molecule has 0 saturated carbocycles. The lowest BCUT2D eigenvalue weighted by Gasteiger charge is -2.26. The van der Waals surface area contributed by atoms with Crippen molar-refractivity contribution in [1.82, 2.24) is 15.5 Å². The highest BCUT2D eigenvalue weighted by Crippen LogP contribution is 2.23. The number of carbonyl (C=O) groups is 1. The third-order valence-electron chi connectivity index (χ3n) is 3.14. The van der Waals surface area contributed by atoms with Crippen LogP contribution in [0.15, 0.2) is 12.1 Å². The molecule has 1 aliphatic heterocycles. The first-order chi connectivity index (χ1) is 9.66. The molecule has 2 rings (SSSR count). The van der Waals surface area contributed by atoms with Crippen molar-refractivity contribution in [3.8, 4) is 0 Å². The van der Waals surface area contributed by atoms with Crippen molar-refractivity contribution in [3.05, 3.63) is 27.1 Å². The molecule has 110 valence electrons. The van der Waals surface area contributed by atoms with Gasteiger partial charge in [-0.15, -0.1) is 0 Å². The van der Waals surface area contributed by atoms with Gasteiger partial charge in [-0.3, -0.25) is 14.9 Å². The number of nitrogens with one attached hydrogen (secondary N) is 2. The molecule has 1 saturated heterocycles. The van der Waals surface area contributed by atoms with Gasteiger partial charge in [0.1, 0.15) is 0 Å². The molecule has 1 amide bonds. The molecular weight excluding hydrogens is 280 g/mol. The topological polar surface area (TPSA) is 87.5 Å². The van der Waals surface area contributed by atoms with Gasteiger partial charge in [0.2, 0.25) is 0 Å². The number of piperazine rings is 1. The van der Waals surface area contributed by atoms with Crippen molar-refractivity contribution < 1.29 is 9.72 Å². The van der Waals surface area contributed by atoms with E-state index in [0.717, 1.165) is 50.5 Å². The predicted octanol–water partition coefficient (Wildman–Crippen LogP) is 0.681. The van der Waals surface area contributed by atoms with Crippen molar-refractivity contribution >= 4 is 22.2 Å². The molecule has 0 radical (unpaired) electrons. The molecular formula is C12H18N4O3S. The van der Waals surface area contributed by atoms with E-state index in [2.05, 4.69) is 15.5 Å². The number of carbonyl (C=O) groups excluding carboxylic acids is 1. The average molecular weight is 298 g/mol. The molecule has 1 fully saturated rings. The minimum absolute atomic E-state index is 0.00373. The number of thiophene rings is 1. The second-order valence-electron chi connectivity index (χ2n) is 4.60. The van der Waals surface area contributed by atoms with Gasteiger partial charge in [0.25, 0.3) is 5.91 Å². The third kappa shape index (κ3) is 4.26. The Morgan fingerprint density at radius 2 is 2.20 bits per heavy atom. The molecule has 7 nitrogen and oxygen atoms in total. The number of nitro groups is 1. The smallest absolute Gasteiger partial charge is 0.324 e. The molecule has 0 atom stereocenters. The Morgan fingerprint density at radius 3 is 2.85 bits per heavy atom. The maximum Gasteiger partial charge on any atom is 0.324 e. The molecule has 1 aromatic rings. The van der Waals surface area contributed by atoms with Crippen molar-refractivity contribution in [2.24, 2.45) is 0 Å². The average Bonchev–Trinajstić information content (AvgIpc) is 2.94. The Kier molecular flexibility index (Phi) is 5.45. The fraction of sp³-hybridized carbons (Fsp3) is 0.583. The van der Waals surface area contributed by atoms with Crippen LogP contribution >= 0.6 is 11.3 Å². The molecule has 0 aromatic carbocycles. The summed E-state index contributed by atoms with van der Waals surface area (Å²) in [4.78, 5) is 24.6. The zero-order chi connectivity index (χ0) is 14.4. The monoisotopic (exact) mass is 298 g/mol. The summed E-state index contributed by atoms with van der Waals surface area (Å²) < 4.78 is 0. The van der Waals surface area contributed by atoms with E-state index in [0.29, 0.717) is 11.4 Å². The van der Waals surface area contributed by atoms with Crippen molar-refractivity contribution in [1.29, 1.82) is 0 Å². The Morgan fingerprint density at radius 1 is 1.45 bits per heavy atom. The maximum absolute atomic E-state index is 11.8. The van der Waals surface area contributed by atoms with Crippen LogP contribution in [-0.2, 0) is 0 Å². The summed E-state index contributed by atoms with van der Waals surface area (Å²) in [6, 6.07) is 2.86. The first-order valence-corrected chi connectivity index (χ1v) is 7.44. The van der Waals surface area contributed by atoms with Crippen LogP contribution in [0.4, 0.5) is 5.00 Å². The van der Waals surface area contributed by atoms with Gasteiger partial charge in [-0.25, -0.2) is 0 Å². The fourth-order valence-corrected chi connectivity index (χ4v) is 2.81. The van der Waals surface area contributed by atoms with Gasteiger partial charge in [0.15, 0.2) is 0 Å². The fourth-order valence-electron chi connectivity index (χ4n) is 2.07. The summed E-state index contributed by atoms with van der Waals surface area (Å²) in [7, 11) is 0. The largest absolute Gasteiger partial charge is 0.351 e. The number of hydrogen-bond acceptors (Lipinski definition) is 6. The summed E-state index contributed by atoms with van der Waals surface area (Å²) in [5.74, 6) is -0.233. The maximum atomic E-state index is 11.8. The van der Waals surface area contributed by atoms with E-state index in [4.69, 9.17) is 0 Å². The lowest BCUT2D eigenvalue weighted by Crippen LogP contribution is -2.44. The quantitative estimate of drug-likeness (QED) is 0.458. The lowest BCUT2D eigenvalue weighted by atomic mass is 10.3. The van der Waals surface area contributed by atoms with E-state index < -0.39 is 4.92 Å². The number of nitrogens with zero attached hydrogens (tertiary/aromatic N) is 2. The molecule has 2 heterocycles. The molecule has 0 bridgehead atoms. The van der Waals surface area contributed by atoms with Gasteiger partial charge in [-0.05, 0) is 19.0 Å². The number of rotatable bonds is 6. The van der Waals surface area contributed by atoms with E-state index >= 15 is 0 Å². The molecule has 1 aliphatic rings. The van der Waals surface area contributed by atoms with Crippen molar-refractivity contribution in [2.45, 2.75) is 6.42 Å². The van der Waals surface area contributed by atoms with Crippen LogP contribution in [0.2, 0.25) is 0 Å². The highest BCUT2D eigenvalue weighted by molar-refractivity contribution is 7.17. The summed E-state index contributed by atoms with van der Waals surface area (Å²) in [6.07, 6.45) is 0.888.